The summed E-state index contributed by atoms with van der Waals surface area (Å²) in [5.74, 6) is 0.722. The Balaban J connectivity index is 2.20. The Bertz CT molecular complexity index is 444. The van der Waals surface area contributed by atoms with E-state index >= 15 is 0 Å². The molecule has 2 rings (SSSR count). The number of methoxy groups -OCH3 is 1. The van der Waals surface area contributed by atoms with Crippen molar-refractivity contribution in [2.75, 3.05) is 20.7 Å². The van der Waals surface area contributed by atoms with Crippen molar-refractivity contribution in [2.24, 2.45) is 5.73 Å². The van der Waals surface area contributed by atoms with Crippen molar-refractivity contribution >= 4 is 0 Å². The molecular weight excluding hydrogens is 264 g/mol. The van der Waals surface area contributed by atoms with Crippen LogP contribution in [0.1, 0.15) is 50.1 Å². The van der Waals surface area contributed by atoms with Gasteiger partial charge in [-0.05, 0) is 50.6 Å². The van der Waals surface area contributed by atoms with Crippen LogP contribution in [0.3, 0.4) is 0 Å². The van der Waals surface area contributed by atoms with Crippen LogP contribution in [0.2, 0.25) is 0 Å². The Morgan fingerprint density at radius 2 is 2.05 bits per heavy atom. The Labute approximate surface area is 127 Å². The fourth-order valence-corrected chi connectivity index (χ4v) is 3.41. The lowest BCUT2D eigenvalue weighted by atomic mass is 9.91. The fourth-order valence-electron chi connectivity index (χ4n) is 3.41. The molecule has 1 unspecified atom stereocenters. The third-order valence-corrected chi connectivity index (χ3v) is 4.67. The van der Waals surface area contributed by atoms with Gasteiger partial charge in [0.25, 0.3) is 0 Å². The maximum absolute atomic E-state index is 9.77. The van der Waals surface area contributed by atoms with Gasteiger partial charge in [0.2, 0.25) is 0 Å². The van der Waals surface area contributed by atoms with Crippen LogP contribution < -0.4 is 10.5 Å². The first kappa shape index (κ1) is 16.1. The SMILES string of the molecule is COc1cc(C(CCN)N(C)C2CCCCC2)ccc1O. The Morgan fingerprint density at radius 1 is 1.33 bits per heavy atom. The molecule has 0 amide bonds. The predicted octanol–water partition coefficient (Wildman–Crippen LogP) is 3.06. The van der Waals surface area contributed by atoms with E-state index in [1.807, 2.05) is 12.1 Å². The van der Waals surface area contributed by atoms with Gasteiger partial charge in [0.15, 0.2) is 11.5 Å². The lowest BCUT2D eigenvalue weighted by Crippen LogP contribution is -2.37. The van der Waals surface area contributed by atoms with Crippen molar-refractivity contribution < 1.29 is 9.84 Å². The van der Waals surface area contributed by atoms with Crippen molar-refractivity contribution in [1.82, 2.24) is 4.90 Å². The number of ether oxygens (including phenoxy) is 1. The molecule has 3 N–H and O–H groups in total. The second-order valence-corrected chi connectivity index (χ2v) is 5.98. The van der Waals surface area contributed by atoms with Crippen LogP contribution in [0, 0.1) is 0 Å². The van der Waals surface area contributed by atoms with E-state index in [0.29, 0.717) is 18.3 Å². The number of phenols is 1. The lowest BCUT2D eigenvalue weighted by molar-refractivity contribution is 0.132. The standard InChI is InChI=1S/C17H28N2O2/c1-19(14-6-4-3-5-7-14)15(10-11-18)13-8-9-16(20)17(12-13)21-2/h8-9,12,14-15,20H,3-7,10-11,18H2,1-2H3. The number of phenolic OH excluding ortho intramolecular Hbond substituents is 1. The summed E-state index contributed by atoms with van der Waals surface area (Å²) in [6, 6.07) is 6.56. The highest BCUT2D eigenvalue weighted by Gasteiger charge is 2.25. The molecule has 4 heteroatoms. The maximum atomic E-state index is 9.77. The second kappa shape index (κ2) is 7.66. The van der Waals surface area contributed by atoms with Gasteiger partial charge in [-0.15, -0.1) is 0 Å². The lowest BCUT2D eigenvalue weighted by Gasteiger charge is -2.37. The van der Waals surface area contributed by atoms with Gasteiger partial charge in [0, 0.05) is 12.1 Å². The van der Waals surface area contributed by atoms with Crippen LogP contribution in [0.4, 0.5) is 0 Å². The number of hydrogen-bond donors (Lipinski definition) is 2. The number of nitrogens with zero attached hydrogens (tertiary/aromatic N) is 1. The van der Waals surface area contributed by atoms with Gasteiger partial charge in [-0.2, -0.15) is 0 Å². The van der Waals surface area contributed by atoms with E-state index in [9.17, 15) is 5.11 Å². The molecule has 0 bridgehead atoms. The van der Waals surface area contributed by atoms with Crippen LogP contribution in [0.25, 0.3) is 0 Å². The predicted molar refractivity (Wildman–Crippen MR) is 85.7 cm³/mol. The van der Waals surface area contributed by atoms with Crippen molar-refractivity contribution in [3.8, 4) is 11.5 Å². The second-order valence-electron chi connectivity index (χ2n) is 5.98. The zero-order chi connectivity index (χ0) is 15.2. The number of nitrogens with two attached hydrogens (primary N) is 1. The van der Waals surface area contributed by atoms with Crippen LogP contribution >= 0.6 is 0 Å². The fraction of sp³-hybridized carbons (Fsp3) is 0.647. The summed E-state index contributed by atoms with van der Waals surface area (Å²) >= 11 is 0. The molecular formula is C17H28N2O2. The summed E-state index contributed by atoms with van der Waals surface area (Å²) in [4.78, 5) is 2.47. The van der Waals surface area contributed by atoms with Crippen molar-refractivity contribution in [3.05, 3.63) is 23.8 Å². The minimum Gasteiger partial charge on any atom is -0.504 e. The van der Waals surface area contributed by atoms with Gasteiger partial charge in [-0.3, -0.25) is 4.90 Å². The molecule has 0 aromatic heterocycles. The third kappa shape index (κ3) is 3.89. The van der Waals surface area contributed by atoms with E-state index in [1.54, 1.807) is 13.2 Å². The molecule has 0 saturated heterocycles. The highest BCUT2D eigenvalue weighted by molar-refractivity contribution is 5.42. The summed E-state index contributed by atoms with van der Waals surface area (Å²) in [7, 11) is 3.79. The van der Waals surface area contributed by atoms with Gasteiger partial charge in [-0.1, -0.05) is 25.3 Å². The van der Waals surface area contributed by atoms with Gasteiger partial charge in [0.05, 0.1) is 7.11 Å². The molecule has 4 nitrogen and oxygen atoms in total. The maximum Gasteiger partial charge on any atom is 0.160 e. The molecule has 1 saturated carbocycles. The molecule has 21 heavy (non-hydrogen) atoms. The van der Waals surface area contributed by atoms with Gasteiger partial charge in [-0.25, -0.2) is 0 Å². The molecule has 1 fully saturated rings. The average molecular weight is 292 g/mol. The highest BCUT2D eigenvalue weighted by atomic mass is 16.5. The Kier molecular flexibility index (Phi) is 5.88. The molecule has 0 heterocycles. The first-order valence-corrected chi connectivity index (χ1v) is 7.96. The quantitative estimate of drug-likeness (QED) is 0.846. The summed E-state index contributed by atoms with van der Waals surface area (Å²) in [5, 5.41) is 9.77. The summed E-state index contributed by atoms with van der Waals surface area (Å²) in [6.45, 7) is 0.658. The smallest absolute Gasteiger partial charge is 0.160 e. The van der Waals surface area contributed by atoms with Crippen molar-refractivity contribution in [1.29, 1.82) is 0 Å². The Morgan fingerprint density at radius 3 is 2.67 bits per heavy atom. The average Bonchev–Trinajstić information content (AvgIpc) is 2.53. The largest absolute Gasteiger partial charge is 0.504 e. The first-order valence-electron chi connectivity index (χ1n) is 7.96. The van der Waals surface area contributed by atoms with Crippen molar-refractivity contribution in [2.45, 2.75) is 50.6 Å². The molecule has 0 aliphatic heterocycles. The molecule has 0 spiro atoms. The zero-order valence-electron chi connectivity index (χ0n) is 13.2. The van der Waals surface area contributed by atoms with Crippen LogP contribution in [0.15, 0.2) is 18.2 Å². The van der Waals surface area contributed by atoms with Gasteiger partial charge in [0.1, 0.15) is 0 Å². The molecule has 1 aromatic rings. The third-order valence-electron chi connectivity index (χ3n) is 4.67. The molecule has 1 aliphatic rings. The highest BCUT2D eigenvalue weighted by Crippen LogP contribution is 2.35. The first-order chi connectivity index (χ1) is 10.2. The van der Waals surface area contributed by atoms with Crippen LogP contribution in [-0.4, -0.2) is 36.8 Å². The van der Waals surface area contributed by atoms with E-state index in [-0.39, 0.29) is 11.8 Å². The summed E-state index contributed by atoms with van der Waals surface area (Å²) in [5.41, 5.74) is 7.00. The van der Waals surface area contributed by atoms with Crippen LogP contribution in [-0.2, 0) is 0 Å². The van der Waals surface area contributed by atoms with E-state index in [4.69, 9.17) is 10.5 Å². The van der Waals surface area contributed by atoms with E-state index in [2.05, 4.69) is 11.9 Å². The van der Waals surface area contributed by atoms with Gasteiger partial charge < -0.3 is 15.6 Å². The van der Waals surface area contributed by atoms with Gasteiger partial charge >= 0.3 is 0 Å². The van der Waals surface area contributed by atoms with Crippen molar-refractivity contribution in [3.63, 3.8) is 0 Å². The minimum absolute atomic E-state index is 0.188. The monoisotopic (exact) mass is 292 g/mol. The molecule has 0 radical (unpaired) electrons. The molecule has 118 valence electrons. The number of aromatic hydroxyl groups is 1. The Hall–Kier alpha value is -1.26. The number of benzene rings is 1. The van der Waals surface area contributed by atoms with E-state index in [1.165, 1.54) is 37.7 Å². The topological polar surface area (TPSA) is 58.7 Å². The molecule has 1 aromatic carbocycles. The zero-order valence-corrected chi connectivity index (χ0v) is 13.2. The van der Waals surface area contributed by atoms with E-state index in [0.717, 1.165) is 6.42 Å². The normalized spacial score (nSPS) is 17.9. The summed E-state index contributed by atoms with van der Waals surface area (Å²) < 4.78 is 5.24. The number of hydrogen-bond acceptors (Lipinski definition) is 4. The molecule has 1 atom stereocenters. The van der Waals surface area contributed by atoms with E-state index < -0.39 is 0 Å². The minimum atomic E-state index is 0.188. The van der Waals surface area contributed by atoms with Crippen LogP contribution in [0.5, 0.6) is 11.5 Å². The summed E-state index contributed by atoms with van der Waals surface area (Å²) in [6.07, 6.45) is 7.46. The molecule has 1 aliphatic carbocycles. The number of rotatable bonds is 6.